The zero-order valence-electron chi connectivity index (χ0n) is 11.2. The van der Waals surface area contributed by atoms with Gasteiger partial charge in [-0.15, -0.1) is 0 Å². The monoisotopic (exact) mass is 335 g/mol. The van der Waals surface area contributed by atoms with E-state index in [1.54, 1.807) is 6.26 Å². The number of nitrogens with one attached hydrogen (secondary N) is 1. The normalized spacial score (nSPS) is 17.9. The highest BCUT2D eigenvalue weighted by Gasteiger charge is 2.42. The summed E-state index contributed by atoms with van der Waals surface area (Å²) in [6, 6.07) is 12.2. The summed E-state index contributed by atoms with van der Waals surface area (Å²) in [5.41, 5.74) is 1.25. The second-order valence-corrected chi connectivity index (χ2v) is 6.45. The molecule has 1 aromatic heterocycles. The average molecular weight is 336 g/mol. The molecule has 1 heterocycles. The zero-order valence-corrected chi connectivity index (χ0v) is 12.8. The van der Waals surface area contributed by atoms with Crippen LogP contribution in [-0.2, 0) is 0 Å². The van der Waals surface area contributed by atoms with Gasteiger partial charge in [0.2, 0.25) is 0 Å². The Morgan fingerprint density at radius 2 is 2.00 bits per heavy atom. The minimum absolute atomic E-state index is 0.0297. The maximum absolute atomic E-state index is 9.44. The summed E-state index contributed by atoms with van der Waals surface area (Å²) in [6.45, 7) is 1.07. The van der Waals surface area contributed by atoms with E-state index in [0.29, 0.717) is 0 Å². The highest BCUT2D eigenvalue weighted by molar-refractivity contribution is 9.10. The quantitative estimate of drug-likeness (QED) is 0.849. The van der Waals surface area contributed by atoms with Gasteiger partial charge in [-0.3, -0.25) is 0 Å². The Labute approximate surface area is 127 Å². The van der Waals surface area contributed by atoms with Gasteiger partial charge in [-0.1, -0.05) is 28.1 Å². The van der Waals surface area contributed by atoms with Crippen molar-refractivity contribution >= 4 is 15.9 Å². The Balaban J connectivity index is 1.79. The van der Waals surface area contributed by atoms with Gasteiger partial charge in [0.05, 0.1) is 12.3 Å². The van der Waals surface area contributed by atoms with Crippen LogP contribution in [0.15, 0.2) is 51.6 Å². The van der Waals surface area contributed by atoms with Gasteiger partial charge in [0, 0.05) is 23.0 Å². The van der Waals surface area contributed by atoms with E-state index in [1.165, 1.54) is 0 Å². The molecule has 3 nitrogen and oxygen atoms in total. The molecule has 0 aliphatic heterocycles. The number of hydrogen-bond donors (Lipinski definition) is 2. The SMILES string of the molecule is OCC1(CNC(c2ccc(Br)cc2)c2ccco2)CC1. The largest absolute Gasteiger partial charge is 0.467 e. The molecule has 0 radical (unpaired) electrons. The van der Waals surface area contributed by atoms with E-state index < -0.39 is 0 Å². The van der Waals surface area contributed by atoms with Crippen LogP contribution in [0.3, 0.4) is 0 Å². The van der Waals surface area contributed by atoms with Crippen molar-refractivity contribution in [2.24, 2.45) is 5.41 Å². The Morgan fingerprint density at radius 3 is 2.55 bits per heavy atom. The molecule has 2 N–H and O–H groups in total. The maximum Gasteiger partial charge on any atom is 0.125 e. The first-order valence-electron chi connectivity index (χ1n) is 6.86. The third-order valence-electron chi connectivity index (χ3n) is 4.00. The van der Waals surface area contributed by atoms with Crippen molar-refractivity contribution in [2.45, 2.75) is 18.9 Å². The van der Waals surface area contributed by atoms with E-state index in [-0.39, 0.29) is 18.1 Å². The Hall–Kier alpha value is -1.10. The molecule has 1 unspecified atom stereocenters. The summed E-state index contributed by atoms with van der Waals surface area (Å²) < 4.78 is 6.63. The molecular formula is C16H18BrNO2. The lowest BCUT2D eigenvalue weighted by molar-refractivity contribution is 0.204. The van der Waals surface area contributed by atoms with Gasteiger partial charge in [0.1, 0.15) is 5.76 Å². The maximum atomic E-state index is 9.44. The molecule has 1 fully saturated rings. The van der Waals surface area contributed by atoms with Crippen LogP contribution in [0, 0.1) is 5.41 Å². The summed E-state index contributed by atoms with van der Waals surface area (Å²) in [6.07, 6.45) is 3.89. The Bertz CT molecular complexity index is 546. The van der Waals surface area contributed by atoms with E-state index in [4.69, 9.17) is 4.42 Å². The van der Waals surface area contributed by atoms with E-state index in [0.717, 1.165) is 35.2 Å². The molecule has 20 heavy (non-hydrogen) atoms. The number of halogens is 1. The van der Waals surface area contributed by atoms with Gasteiger partial charge in [0.15, 0.2) is 0 Å². The van der Waals surface area contributed by atoms with E-state index in [9.17, 15) is 5.11 Å². The second-order valence-electron chi connectivity index (χ2n) is 5.54. The van der Waals surface area contributed by atoms with Crippen LogP contribution >= 0.6 is 15.9 Å². The lowest BCUT2D eigenvalue weighted by atomic mass is 10.0. The lowest BCUT2D eigenvalue weighted by Crippen LogP contribution is -2.30. The number of benzene rings is 1. The Kier molecular flexibility index (Phi) is 3.96. The molecule has 2 aromatic rings. The zero-order chi connectivity index (χ0) is 14.0. The molecule has 1 saturated carbocycles. The van der Waals surface area contributed by atoms with Crippen LogP contribution in [0.5, 0.6) is 0 Å². The smallest absolute Gasteiger partial charge is 0.125 e. The first-order valence-corrected chi connectivity index (χ1v) is 7.65. The number of rotatable bonds is 6. The summed E-state index contributed by atoms with van der Waals surface area (Å²) >= 11 is 3.46. The van der Waals surface area contributed by atoms with Crippen molar-refractivity contribution in [1.29, 1.82) is 0 Å². The number of aliphatic hydroxyl groups excluding tert-OH is 1. The molecule has 1 aliphatic carbocycles. The van der Waals surface area contributed by atoms with Crippen molar-refractivity contribution in [3.63, 3.8) is 0 Å². The Morgan fingerprint density at radius 1 is 1.25 bits per heavy atom. The van der Waals surface area contributed by atoms with Gasteiger partial charge in [-0.25, -0.2) is 0 Å². The molecule has 1 aromatic carbocycles. The van der Waals surface area contributed by atoms with Crippen LogP contribution in [-0.4, -0.2) is 18.3 Å². The predicted octanol–water partition coefficient (Wildman–Crippen LogP) is 3.49. The minimum atomic E-state index is 0.0297. The van der Waals surface area contributed by atoms with Crippen LogP contribution in [0.25, 0.3) is 0 Å². The topological polar surface area (TPSA) is 45.4 Å². The average Bonchev–Trinajstić information content (AvgIpc) is 3.05. The first-order chi connectivity index (χ1) is 9.72. The molecule has 3 rings (SSSR count). The molecule has 106 valence electrons. The third kappa shape index (κ3) is 2.97. The lowest BCUT2D eigenvalue weighted by Gasteiger charge is -2.21. The van der Waals surface area contributed by atoms with Crippen molar-refractivity contribution in [3.8, 4) is 0 Å². The number of aliphatic hydroxyl groups is 1. The fourth-order valence-corrected chi connectivity index (χ4v) is 2.64. The van der Waals surface area contributed by atoms with Gasteiger partial charge in [-0.05, 0) is 42.7 Å². The minimum Gasteiger partial charge on any atom is -0.467 e. The van der Waals surface area contributed by atoms with E-state index >= 15 is 0 Å². The molecule has 4 heteroatoms. The van der Waals surface area contributed by atoms with Gasteiger partial charge >= 0.3 is 0 Å². The molecule has 1 atom stereocenters. The van der Waals surface area contributed by atoms with E-state index in [1.807, 2.05) is 24.3 Å². The predicted molar refractivity (Wildman–Crippen MR) is 81.4 cm³/mol. The van der Waals surface area contributed by atoms with Crippen molar-refractivity contribution in [2.75, 3.05) is 13.2 Å². The molecule has 0 bridgehead atoms. The van der Waals surface area contributed by atoms with Crippen LogP contribution in [0.4, 0.5) is 0 Å². The van der Waals surface area contributed by atoms with Gasteiger partial charge < -0.3 is 14.8 Å². The number of furan rings is 1. The summed E-state index contributed by atoms with van der Waals surface area (Å²) in [5, 5.41) is 13.0. The first kappa shape index (κ1) is 13.9. The van der Waals surface area contributed by atoms with Crippen molar-refractivity contribution < 1.29 is 9.52 Å². The molecule has 0 saturated heterocycles. The highest BCUT2D eigenvalue weighted by atomic mass is 79.9. The molecule has 0 spiro atoms. The highest BCUT2D eigenvalue weighted by Crippen LogP contribution is 2.44. The third-order valence-corrected chi connectivity index (χ3v) is 4.53. The van der Waals surface area contributed by atoms with Crippen LogP contribution < -0.4 is 5.32 Å². The standard InChI is InChI=1S/C16H18BrNO2/c17-13-5-3-12(4-6-13)15(14-2-1-9-20-14)18-10-16(11-19)7-8-16/h1-6,9,15,18-19H,7-8,10-11H2. The summed E-state index contributed by atoms with van der Waals surface area (Å²) in [4.78, 5) is 0. The van der Waals surface area contributed by atoms with Gasteiger partial charge in [-0.2, -0.15) is 0 Å². The van der Waals surface area contributed by atoms with Crippen LogP contribution in [0.2, 0.25) is 0 Å². The second kappa shape index (κ2) is 5.72. The number of hydrogen-bond acceptors (Lipinski definition) is 3. The summed E-state index contributed by atoms with van der Waals surface area (Å²) in [5.74, 6) is 0.904. The molecular weight excluding hydrogens is 318 g/mol. The van der Waals surface area contributed by atoms with E-state index in [2.05, 4.69) is 33.4 Å². The van der Waals surface area contributed by atoms with Crippen molar-refractivity contribution in [3.05, 3.63) is 58.5 Å². The van der Waals surface area contributed by atoms with Crippen LogP contribution in [0.1, 0.15) is 30.2 Å². The van der Waals surface area contributed by atoms with Crippen molar-refractivity contribution in [1.82, 2.24) is 5.32 Å². The molecule has 0 amide bonds. The fraction of sp³-hybridized carbons (Fsp3) is 0.375. The fourth-order valence-electron chi connectivity index (χ4n) is 2.38. The van der Waals surface area contributed by atoms with Gasteiger partial charge in [0.25, 0.3) is 0 Å². The summed E-state index contributed by atoms with van der Waals surface area (Å²) in [7, 11) is 0. The molecule has 1 aliphatic rings.